The summed E-state index contributed by atoms with van der Waals surface area (Å²) in [7, 11) is -0.441. The van der Waals surface area contributed by atoms with Gasteiger partial charge in [-0.3, -0.25) is 0 Å². The van der Waals surface area contributed by atoms with E-state index in [1.54, 1.807) is 12.1 Å². The zero-order valence-electron chi connectivity index (χ0n) is 21.1. The Morgan fingerprint density at radius 1 is 1.09 bits per heavy atom. The fourth-order valence-corrected chi connectivity index (χ4v) is 3.90. The van der Waals surface area contributed by atoms with Crippen molar-refractivity contribution in [2.75, 3.05) is 19.8 Å². The summed E-state index contributed by atoms with van der Waals surface area (Å²) in [4.78, 5) is 4.39. The minimum Gasteiger partial charge on any atom is -0.474 e. The molecule has 1 unspecified atom stereocenters. The van der Waals surface area contributed by atoms with Crippen LogP contribution in [-0.2, 0) is 18.8 Å². The predicted molar refractivity (Wildman–Crippen MR) is 131 cm³/mol. The Labute approximate surface area is 207 Å². The van der Waals surface area contributed by atoms with Crippen molar-refractivity contribution in [3.05, 3.63) is 41.5 Å². The summed E-state index contributed by atoms with van der Waals surface area (Å²) >= 11 is 0. The molecule has 0 radical (unpaired) electrons. The standard InChI is InChI=1S/C26H33BN2O6/c1-18-16-20(10-11-21(18)27-34-25(2,3)26(4,5)35-27)33-22-12-9-19(17-28)24(29-22)32-15-14-31-23-8-6-7-13-30-23/h9-12,16,23H,6-8,13-15H2,1-5H3. The summed E-state index contributed by atoms with van der Waals surface area (Å²) in [5, 5.41) is 9.42. The van der Waals surface area contributed by atoms with Crippen molar-refractivity contribution in [1.29, 1.82) is 5.26 Å². The van der Waals surface area contributed by atoms with E-state index in [1.165, 1.54) is 0 Å². The number of benzene rings is 1. The quantitative estimate of drug-likeness (QED) is 0.409. The molecule has 1 atom stereocenters. The second-order valence-corrected chi connectivity index (χ2v) is 9.84. The molecule has 0 spiro atoms. The van der Waals surface area contributed by atoms with E-state index in [0.29, 0.717) is 23.8 Å². The molecule has 35 heavy (non-hydrogen) atoms. The monoisotopic (exact) mass is 480 g/mol. The van der Waals surface area contributed by atoms with Gasteiger partial charge >= 0.3 is 7.12 Å². The second-order valence-electron chi connectivity index (χ2n) is 9.84. The van der Waals surface area contributed by atoms with Crippen LogP contribution in [0.1, 0.15) is 58.1 Å². The van der Waals surface area contributed by atoms with E-state index in [9.17, 15) is 5.26 Å². The average molecular weight is 480 g/mol. The summed E-state index contributed by atoms with van der Waals surface area (Å²) in [6, 6.07) is 11.1. The summed E-state index contributed by atoms with van der Waals surface area (Å²) < 4.78 is 35.3. The van der Waals surface area contributed by atoms with Crippen LogP contribution in [0.15, 0.2) is 30.3 Å². The normalized spacial score (nSPS) is 20.9. The van der Waals surface area contributed by atoms with E-state index in [4.69, 9.17) is 28.3 Å². The van der Waals surface area contributed by atoms with Gasteiger partial charge in [0.2, 0.25) is 11.8 Å². The average Bonchev–Trinajstić information content (AvgIpc) is 3.04. The van der Waals surface area contributed by atoms with Crippen LogP contribution >= 0.6 is 0 Å². The van der Waals surface area contributed by atoms with Gasteiger partial charge in [0, 0.05) is 12.7 Å². The highest BCUT2D eigenvalue weighted by molar-refractivity contribution is 6.62. The molecule has 0 amide bonds. The minimum atomic E-state index is -0.441. The van der Waals surface area contributed by atoms with Crippen molar-refractivity contribution in [1.82, 2.24) is 4.98 Å². The van der Waals surface area contributed by atoms with Crippen LogP contribution in [-0.4, -0.2) is 49.4 Å². The third-order valence-electron chi connectivity index (χ3n) is 6.69. The first-order valence-corrected chi connectivity index (χ1v) is 12.1. The molecule has 2 aliphatic rings. The fraction of sp³-hybridized carbons (Fsp3) is 0.538. The number of rotatable bonds is 8. The number of aromatic nitrogens is 1. The van der Waals surface area contributed by atoms with E-state index >= 15 is 0 Å². The molecule has 1 aromatic carbocycles. The lowest BCUT2D eigenvalue weighted by molar-refractivity contribution is -0.165. The number of hydrogen-bond donors (Lipinski definition) is 0. The first kappa shape index (κ1) is 25.5. The van der Waals surface area contributed by atoms with Crippen LogP contribution in [0.5, 0.6) is 17.5 Å². The molecular formula is C26H33BN2O6. The minimum absolute atomic E-state index is 0.186. The lowest BCUT2D eigenvalue weighted by atomic mass is 9.76. The van der Waals surface area contributed by atoms with Gasteiger partial charge in [0.1, 0.15) is 24.0 Å². The highest BCUT2D eigenvalue weighted by Gasteiger charge is 2.52. The van der Waals surface area contributed by atoms with Gasteiger partial charge < -0.3 is 28.3 Å². The van der Waals surface area contributed by atoms with Crippen LogP contribution < -0.4 is 14.9 Å². The SMILES string of the molecule is Cc1cc(Oc2ccc(C#N)c(OCCOC3CCCCO3)n2)ccc1B1OC(C)(C)C(C)(C)O1. The number of nitrogens with zero attached hydrogens (tertiary/aromatic N) is 2. The van der Waals surface area contributed by atoms with Gasteiger partial charge in [-0.25, -0.2) is 0 Å². The summed E-state index contributed by atoms with van der Waals surface area (Å²) in [5.41, 5.74) is 1.45. The van der Waals surface area contributed by atoms with E-state index in [0.717, 1.165) is 36.9 Å². The predicted octanol–water partition coefficient (Wildman–Crippen LogP) is 4.28. The number of pyridine rings is 1. The van der Waals surface area contributed by atoms with E-state index in [1.807, 2.05) is 52.8 Å². The Hall–Kier alpha value is -2.64. The molecule has 2 fully saturated rings. The van der Waals surface area contributed by atoms with Crippen molar-refractivity contribution < 1.29 is 28.3 Å². The topological polar surface area (TPSA) is 92.1 Å². The zero-order chi connectivity index (χ0) is 25.1. The smallest absolute Gasteiger partial charge is 0.474 e. The Morgan fingerprint density at radius 2 is 1.86 bits per heavy atom. The summed E-state index contributed by atoms with van der Waals surface area (Å²) in [6.45, 7) is 11.5. The highest BCUT2D eigenvalue weighted by Crippen LogP contribution is 2.37. The number of nitriles is 1. The maximum absolute atomic E-state index is 9.42. The maximum atomic E-state index is 9.42. The summed E-state index contributed by atoms with van der Waals surface area (Å²) in [5.74, 6) is 1.16. The molecule has 0 aliphatic carbocycles. The van der Waals surface area contributed by atoms with E-state index in [2.05, 4.69) is 11.1 Å². The van der Waals surface area contributed by atoms with Crippen molar-refractivity contribution in [2.45, 2.75) is 71.4 Å². The molecule has 3 heterocycles. The highest BCUT2D eigenvalue weighted by atomic mass is 16.7. The van der Waals surface area contributed by atoms with E-state index < -0.39 is 18.3 Å². The van der Waals surface area contributed by atoms with Crippen molar-refractivity contribution in [3.8, 4) is 23.6 Å². The van der Waals surface area contributed by atoms with Crippen LogP contribution in [0, 0.1) is 18.3 Å². The molecule has 1 aromatic heterocycles. The van der Waals surface area contributed by atoms with Crippen LogP contribution in [0.2, 0.25) is 0 Å². The molecule has 4 rings (SSSR count). The molecular weight excluding hydrogens is 447 g/mol. The van der Waals surface area contributed by atoms with Crippen LogP contribution in [0.25, 0.3) is 0 Å². The van der Waals surface area contributed by atoms with Gasteiger partial charge in [0.05, 0.1) is 17.8 Å². The maximum Gasteiger partial charge on any atom is 0.495 e. The van der Waals surface area contributed by atoms with Gasteiger partial charge in [-0.15, -0.1) is 0 Å². The Kier molecular flexibility index (Phi) is 7.67. The van der Waals surface area contributed by atoms with Crippen LogP contribution in [0.3, 0.4) is 0 Å². The molecule has 0 saturated carbocycles. The first-order chi connectivity index (χ1) is 16.7. The Balaban J connectivity index is 1.39. The lowest BCUT2D eigenvalue weighted by Gasteiger charge is -2.32. The van der Waals surface area contributed by atoms with Gasteiger partial charge in [0.15, 0.2) is 6.29 Å². The largest absolute Gasteiger partial charge is 0.495 e. The second kappa shape index (κ2) is 10.5. The Morgan fingerprint density at radius 3 is 2.51 bits per heavy atom. The third kappa shape index (κ3) is 5.96. The molecule has 0 N–H and O–H groups in total. The molecule has 9 heteroatoms. The third-order valence-corrected chi connectivity index (χ3v) is 6.69. The van der Waals surface area contributed by atoms with Gasteiger partial charge in [-0.1, -0.05) is 6.07 Å². The van der Waals surface area contributed by atoms with Crippen LogP contribution in [0.4, 0.5) is 0 Å². The van der Waals surface area contributed by atoms with E-state index in [-0.39, 0.29) is 18.8 Å². The molecule has 2 aromatic rings. The first-order valence-electron chi connectivity index (χ1n) is 12.1. The number of ether oxygens (including phenoxy) is 4. The molecule has 2 saturated heterocycles. The molecule has 8 nitrogen and oxygen atoms in total. The van der Waals surface area contributed by atoms with Gasteiger partial charge in [-0.05, 0) is 83.1 Å². The van der Waals surface area contributed by atoms with Gasteiger partial charge in [0.25, 0.3) is 0 Å². The fourth-order valence-electron chi connectivity index (χ4n) is 3.90. The summed E-state index contributed by atoms with van der Waals surface area (Å²) in [6.07, 6.45) is 2.87. The van der Waals surface area contributed by atoms with Crippen molar-refractivity contribution in [3.63, 3.8) is 0 Å². The molecule has 2 aliphatic heterocycles. The molecule has 186 valence electrons. The molecule has 0 bridgehead atoms. The van der Waals surface area contributed by atoms with Gasteiger partial charge in [-0.2, -0.15) is 10.2 Å². The Bertz CT molecular complexity index is 1060. The van der Waals surface area contributed by atoms with Crippen molar-refractivity contribution >= 4 is 12.6 Å². The van der Waals surface area contributed by atoms with Crippen molar-refractivity contribution in [2.24, 2.45) is 0 Å². The number of aryl methyl sites for hydroxylation is 1. The zero-order valence-corrected chi connectivity index (χ0v) is 21.1. The lowest BCUT2D eigenvalue weighted by Crippen LogP contribution is -2.41. The number of hydrogen-bond acceptors (Lipinski definition) is 8.